The van der Waals surface area contributed by atoms with E-state index in [-0.39, 0.29) is 5.91 Å². The number of fused-ring (bicyclic) bond motifs is 2. The van der Waals surface area contributed by atoms with E-state index in [1.54, 1.807) is 11.0 Å². The largest absolute Gasteiger partial charge is 0.490 e. The summed E-state index contributed by atoms with van der Waals surface area (Å²) in [7, 11) is 0. The van der Waals surface area contributed by atoms with Crippen molar-refractivity contribution in [3.8, 4) is 5.75 Å². The molecular formula is C16H13N3O3. The van der Waals surface area contributed by atoms with Gasteiger partial charge in [-0.15, -0.1) is 0 Å². The maximum atomic E-state index is 12.8. The fourth-order valence-electron chi connectivity index (χ4n) is 2.60. The predicted octanol–water partition coefficient (Wildman–Crippen LogP) is 2.57. The lowest BCUT2D eigenvalue weighted by atomic mass is 10.1. The smallest absolute Gasteiger partial charge is 0.260 e. The summed E-state index contributed by atoms with van der Waals surface area (Å²) in [5, 5.41) is 4.62. The monoisotopic (exact) mass is 295 g/mol. The third kappa shape index (κ3) is 1.92. The number of rotatable bonds is 1. The van der Waals surface area contributed by atoms with E-state index in [0.717, 1.165) is 22.5 Å². The van der Waals surface area contributed by atoms with Gasteiger partial charge in [-0.2, -0.15) is 0 Å². The second-order valence-electron chi connectivity index (χ2n) is 5.12. The maximum Gasteiger partial charge on any atom is 0.260 e. The topological polar surface area (TPSA) is 68.5 Å². The summed E-state index contributed by atoms with van der Waals surface area (Å²) in [6, 6.07) is 9.29. The van der Waals surface area contributed by atoms with Crippen LogP contribution in [0.4, 0.5) is 5.69 Å². The van der Waals surface area contributed by atoms with Crippen LogP contribution in [0.2, 0.25) is 0 Å². The van der Waals surface area contributed by atoms with Crippen molar-refractivity contribution in [3.05, 3.63) is 47.8 Å². The van der Waals surface area contributed by atoms with Crippen LogP contribution in [0.25, 0.3) is 11.1 Å². The lowest BCUT2D eigenvalue weighted by molar-refractivity contribution is 0.0976. The molecule has 6 heteroatoms. The van der Waals surface area contributed by atoms with Crippen molar-refractivity contribution >= 4 is 22.7 Å². The summed E-state index contributed by atoms with van der Waals surface area (Å²) >= 11 is 0. The second kappa shape index (κ2) is 4.84. The lowest BCUT2D eigenvalue weighted by Crippen LogP contribution is -2.37. The van der Waals surface area contributed by atoms with E-state index in [1.165, 1.54) is 6.20 Å². The van der Waals surface area contributed by atoms with E-state index in [4.69, 9.17) is 9.26 Å². The summed E-state index contributed by atoms with van der Waals surface area (Å²) < 4.78 is 10.7. The Bertz CT molecular complexity index is 872. The Morgan fingerprint density at radius 2 is 2.18 bits per heavy atom. The molecule has 0 fully saturated rings. The Morgan fingerprint density at radius 1 is 1.32 bits per heavy atom. The molecule has 1 aliphatic rings. The normalized spacial score (nSPS) is 13.8. The highest BCUT2D eigenvalue weighted by Crippen LogP contribution is 2.32. The lowest BCUT2D eigenvalue weighted by Gasteiger charge is -2.29. The number of carbonyl (C=O) groups excluding carboxylic acids is 1. The zero-order chi connectivity index (χ0) is 15.1. The van der Waals surface area contributed by atoms with Crippen molar-refractivity contribution in [1.29, 1.82) is 0 Å². The molecule has 2 aromatic heterocycles. The number of amides is 1. The Labute approximate surface area is 126 Å². The van der Waals surface area contributed by atoms with Crippen molar-refractivity contribution in [2.24, 2.45) is 0 Å². The first-order valence-corrected chi connectivity index (χ1v) is 7.00. The number of hydrogen-bond acceptors (Lipinski definition) is 5. The molecule has 3 aromatic rings. The number of benzene rings is 1. The highest BCUT2D eigenvalue weighted by Gasteiger charge is 2.25. The molecule has 0 radical (unpaired) electrons. The van der Waals surface area contributed by atoms with Gasteiger partial charge in [-0.3, -0.25) is 4.79 Å². The van der Waals surface area contributed by atoms with Crippen LogP contribution in [-0.4, -0.2) is 29.2 Å². The Balaban J connectivity index is 1.76. The van der Waals surface area contributed by atoms with Gasteiger partial charge in [0, 0.05) is 6.20 Å². The molecule has 6 nitrogen and oxygen atoms in total. The minimum Gasteiger partial charge on any atom is -0.490 e. The van der Waals surface area contributed by atoms with Gasteiger partial charge in [-0.1, -0.05) is 17.3 Å². The third-order valence-electron chi connectivity index (χ3n) is 3.73. The van der Waals surface area contributed by atoms with E-state index in [0.29, 0.717) is 24.4 Å². The van der Waals surface area contributed by atoms with Crippen LogP contribution in [0, 0.1) is 6.92 Å². The number of anilines is 1. The molecule has 0 saturated heterocycles. The van der Waals surface area contributed by atoms with Crippen LogP contribution in [0.3, 0.4) is 0 Å². The molecule has 1 aliphatic heterocycles. The number of hydrogen-bond donors (Lipinski definition) is 0. The van der Waals surface area contributed by atoms with Crippen molar-refractivity contribution < 1.29 is 14.1 Å². The fourth-order valence-corrected chi connectivity index (χ4v) is 2.60. The molecular weight excluding hydrogens is 282 g/mol. The van der Waals surface area contributed by atoms with Crippen molar-refractivity contribution in [2.45, 2.75) is 6.92 Å². The van der Waals surface area contributed by atoms with Gasteiger partial charge in [0.25, 0.3) is 11.6 Å². The van der Waals surface area contributed by atoms with E-state index in [2.05, 4.69) is 10.1 Å². The number of aryl methyl sites for hydroxylation is 1. The Morgan fingerprint density at radius 3 is 3.09 bits per heavy atom. The predicted molar refractivity (Wildman–Crippen MR) is 80.2 cm³/mol. The fraction of sp³-hybridized carbons (Fsp3) is 0.188. The zero-order valence-corrected chi connectivity index (χ0v) is 11.9. The first kappa shape index (κ1) is 12.8. The molecule has 3 heterocycles. The van der Waals surface area contributed by atoms with Gasteiger partial charge < -0.3 is 14.2 Å². The highest BCUT2D eigenvalue weighted by atomic mass is 16.5. The first-order chi connectivity index (χ1) is 10.7. The molecule has 22 heavy (non-hydrogen) atoms. The van der Waals surface area contributed by atoms with Gasteiger partial charge in [0.05, 0.1) is 28.9 Å². The van der Waals surface area contributed by atoms with E-state index >= 15 is 0 Å². The summed E-state index contributed by atoms with van der Waals surface area (Å²) in [6.07, 6.45) is 1.52. The summed E-state index contributed by atoms with van der Waals surface area (Å²) in [5.74, 6) is 0.614. The van der Waals surface area contributed by atoms with Crippen LogP contribution in [0.5, 0.6) is 5.75 Å². The van der Waals surface area contributed by atoms with Crippen LogP contribution in [0.15, 0.2) is 41.1 Å². The minimum absolute atomic E-state index is 0.106. The van der Waals surface area contributed by atoms with Gasteiger partial charge in [0.2, 0.25) is 0 Å². The van der Waals surface area contributed by atoms with Crippen LogP contribution in [-0.2, 0) is 0 Å². The van der Waals surface area contributed by atoms with Crippen LogP contribution >= 0.6 is 0 Å². The standard InChI is InChI=1S/C16H13N3O3/c1-10-12-8-11(9-17-15(12)22-18-10)16(20)19-6-7-21-14-5-3-2-4-13(14)19/h2-5,8-9H,6-7H2,1H3. The number of carbonyl (C=O) groups is 1. The van der Waals surface area contributed by atoms with Gasteiger partial charge in [0.15, 0.2) is 0 Å². The number of ether oxygens (including phenoxy) is 1. The quantitative estimate of drug-likeness (QED) is 0.690. The van der Waals surface area contributed by atoms with E-state index < -0.39 is 0 Å². The summed E-state index contributed by atoms with van der Waals surface area (Å²) in [5.41, 5.74) is 2.45. The molecule has 0 aliphatic carbocycles. The second-order valence-corrected chi connectivity index (χ2v) is 5.12. The van der Waals surface area contributed by atoms with Gasteiger partial charge in [-0.05, 0) is 25.1 Å². The SMILES string of the molecule is Cc1noc2ncc(C(=O)N3CCOc4ccccc43)cc12. The molecule has 0 bridgehead atoms. The molecule has 1 aromatic carbocycles. The molecule has 0 saturated carbocycles. The van der Waals surface area contributed by atoms with Gasteiger partial charge >= 0.3 is 0 Å². The van der Waals surface area contributed by atoms with Crippen LogP contribution < -0.4 is 9.64 Å². The van der Waals surface area contributed by atoms with Crippen molar-refractivity contribution in [1.82, 2.24) is 10.1 Å². The average Bonchev–Trinajstić information content (AvgIpc) is 2.94. The molecule has 0 unspecified atom stereocenters. The van der Waals surface area contributed by atoms with Crippen molar-refractivity contribution in [3.63, 3.8) is 0 Å². The Kier molecular flexibility index (Phi) is 2.82. The van der Waals surface area contributed by atoms with E-state index in [1.807, 2.05) is 31.2 Å². The maximum absolute atomic E-state index is 12.8. The molecule has 0 N–H and O–H groups in total. The molecule has 1 amide bonds. The third-order valence-corrected chi connectivity index (χ3v) is 3.73. The van der Waals surface area contributed by atoms with Crippen molar-refractivity contribution in [2.75, 3.05) is 18.1 Å². The first-order valence-electron chi connectivity index (χ1n) is 7.00. The summed E-state index contributed by atoms with van der Waals surface area (Å²) in [4.78, 5) is 18.7. The van der Waals surface area contributed by atoms with Gasteiger partial charge in [0.1, 0.15) is 12.4 Å². The molecule has 0 atom stereocenters. The molecule has 4 rings (SSSR count). The molecule has 0 spiro atoms. The van der Waals surface area contributed by atoms with Crippen LogP contribution in [0.1, 0.15) is 16.1 Å². The summed E-state index contributed by atoms with van der Waals surface area (Å²) in [6.45, 7) is 2.81. The minimum atomic E-state index is -0.106. The highest BCUT2D eigenvalue weighted by molar-refractivity contribution is 6.08. The Hall–Kier alpha value is -2.89. The number of para-hydroxylation sites is 2. The average molecular weight is 295 g/mol. The number of aromatic nitrogens is 2. The molecule has 110 valence electrons. The van der Waals surface area contributed by atoms with E-state index in [9.17, 15) is 4.79 Å². The zero-order valence-electron chi connectivity index (χ0n) is 11.9. The number of pyridine rings is 1. The van der Waals surface area contributed by atoms with Gasteiger partial charge in [-0.25, -0.2) is 4.98 Å². The number of nitrogens with zero attached hydrogens (tertiary/aromatic N) is 3.